The lowest BCUT2D eigenvalue weighted by atomic mass is 9.85. The molecule has 1 saturated heterocycles. The number of hydrogen-bond donors (Lipinski definition) is 5. The summed E-state index contributed by atoms with van der Waals surface area (Å²) in [4.78, 5) is 51.4. The van der Waals surface area contributed by atoms with Crippen molar-refractivity contribution in [3.8, 4) is 0 Å². The van der Waals surface area contributed by atoms with E-state index in [9.17, 15) is 24.3 Å². The van der Waals surface area contributed by atoms with Gasteiger partial charge in [0.05, 0.1) is 24.7 Å². The molecule has 1 aliphatic heterocycles. The largest absolute Gasteiger partial charge is 0.376 e. The zero-order valence-electron chi connectivity index (χ0n) is 22.0. The molecule has 0 aromatic heterocycles. The lowest BCUT2D eigenvalue weighted by Gasteiger charge is -2.38. The number of likely N-dealkylation sites (tertiary alicyclic amines) is 1. The van der Waals surface area contributed by atoms with Crippen LogP contribution in [0.5, 0.6) is 0 Å². The van der Waals surface area contributed by atoms with Crippen LogP contribution in [0.15, 0.2) is 12.2 Å². The number of rotatable bonds is 13. The average molecular weight is 514 g/mol. The highest BCUT2D eigenvalue weighted by molar-refractivity contribution is 7.96. The minimum absolute atomic E-state index is 0.100. The Hall–Kier alpha value is -1.95. The van der Waals surface area contributed by atoms with Gasteiger partial charge in [-0.3, -0.25) is 24.4 Å². The summed E-state index contributed by atoms with van der Waals surface area (Å²) in [6.07, 6.45) is 6.43. The number of nitrogens with one attached hydrogen (secondary N) is 4. The summed E-state index contributed by atoms with van der Waals surface area (Å²) in [6.45, 7) is 11.1. The first-order chi connectivity index (χ1) is 16.4. The fourth-order valence-corrected chi connectivity index (χ4v) is 4.57. The summed E-state index contributed by atoms with van der Waals surface area (Å²) in [7, 11) is 0. The van der Waals surface area contributed by atoms with Crippen molar-refractivity contribution in [1.29, 1.82) is 0 Å². The molecule has 0 aromatic carbocycles. The summed E-state index contributed by atoms with van der Waals surface area (Å²) in [5, 5.41) is 19.2. The highest BCUT2D eigenvalue weighted by atomic mass is 32.2. The summed E-state index contributed by atoms with van der Waals surface area (Å²) >= 11 is 1.31. The van der Waals surface area contributed by atoms with Gasteiger partial charge in [-0.25, -0.2) is 0 Å². The molecule has 1 fully saturated rings. The Morgan fingerprint density at radius 3 is 2.43 bits per heavy atom. The smallest absolute Gasteiger partial charge is 0.246 e. The lowest BCUT2D eigenvalue weighted by molar-refractivity contribution is -0.143. The zero-order valence-corrected chi connectivity index (χ0v) is 22.8. The number of hydrogen-bond acceptors (Lipinski definition) is 8. The van der Waals surface area contributed by atoms with Gasteiger partial charge >= 0.3 is 0 Å². The van der Waals surface area contributed by atoms with Crippen molar-refractivity contribution in [3.05, 3.63) is 12.2 Å². The number of allylic oxidation sites excluding steroid dienone is 1. The Bertz CT molecular complexity index is 757. The van der Waals surface area contributed by atoms with Crippen LogP contribution >= 0.6 is 11.9 Å². The molecule has 0 aliphatic carbocycles. The molecule has 35 heavy (non-hydrogen) atoms. The van der Waals surface area contributed by atoms with Gasteiger partial charge in [-0.2, -0.15) is 0 Å². The van der Waals surface area contributed by atoms with E-state index in [2.05, 4.69) is 20.7 Å². The van der Waals surface area contributed by atoms with E-state index in [4.69, 9.17) is 0 Å². The van der Waals surface area contributed by atoms with E-state index in [0.717, 1.165) is 6.29 Å². The molecule has 1 rings (SSSR count). The highest BCUT2D eigenvalue weighted by Gasteiger charge is 2.45. The second-order valence-electron chi connectivity index (χ2n) is 9.89. The maximum atomic E-state index is 13.7. The van der Waals surface area contributed by atoms with E-state index >= 15 is 0 Å². The monoisotopic (exact) mass is 513 g/mol. The molecule has 1 aliphatic rings. The van der Waals surface area contributed by atoms with Crippen LogP contribution < -0.4 is 20.7 Å². The van der Waals surface area contributed by atoms with Crippen molar-refractivity contribution < 1.29 is 24.3 Å². The highest BCUT2D eigenvalue weighted by Crippen LogP contribution is 2.31. The average Bonchev–Trinajstić information content (AvgIpc) is 3.22. The summed E-state index contributed by atoms with van der Waals surface area (Å²) in [5.74, 6) is -1.21. The second-order valence-corrected chi connectivity index (χ2v) is 10.5. The quantitative estimate of drug-likeness (QED) is 0.104. The Labute approximate surface area is 213 Å². The SMILES string of the molecule is C/C=C\[C@H]1CCN(C(=O)C(NC(=O)CNC(=O)[C@@H](C)NSC)C(C)(C)C)C1C(O)NC(C=O)CC. The molecule has 11 heteroatoms. The topological polar surface area (TPSA) is 140 Å². The Morgan fingerprint density at radius 2 is 1.91 bits per heavy atom. The summed E-state index contributed by atoms with van der Waals surface area (Å²) < 4.78 is 2.90. The van der Waals surface area contributed by atoms with Crippen LogP contribution in [0.25, 0.3) is 0 Å². The molecule has 0 aromatic rings. The van der Waals surface area contributed by atoms with Crippen LogP contribution in [0.3, 0.4) is 0 Å². The molecule has 1 heterocycles. The van der Waals surface area contributed by atoms with E-state index < -0.39 is 41.7 Å². The Morgan fingerprint density at radius 1 is 1.26 bits per heavy atom. The molecular weight excluding hydrogens is 470 g/mol. The number of aliphatic hydroxyl groups excluding tert-OH is 1. The minimum atomic E-state index is -1.11. The number of amides is 3. The fourth-order valence-electron chi connectivity index (χ4n) is 4.11. The van der Waals surface area contributed by atoms with E-state index in [1.807, 2.05) is 46.8 Å². The first-order valence-electron chi connectivity index (χ1n) is 12.1. The first kappa shape index (κ1) is 31.1. The van der Waals surface area contributed by atoms with Crippen LogP contribution in [-0.2, 0) is 19.2 Å². The molecule has 0 spiro atoms. The van der Waals surface area contributed by atoms with Crippen LogP contribution in [0.2, 0.25) is 0 Å². The van der Waals surface area contributed by atoms with E-state index in [0.29, 0.717) is 19.4 Å². The molecule has 3 amide bonds. The molecule has 0 bridgehead atoms. The van der Waals surface area contributed by atoms with Crippen molar-refractivity contribution in [1.82, 2.24) is 25.6 Å². The van der Waals surface area contributed by atoms with E-state index in [1.54, 1.807) is 18.1 Å². The van der Waals surface area contributed by atoms with Crippen molar-refractivity contribution in [3.63, 3.8) is 0 Å². The van der Waals surface area contributed by atoms with Gasteiger partial charge in [-0.05, 0) is 38.4 Å². The van der Waals surface area contributed by atoms with E-state index in [-0.39, 0.29) is 24.3 Å². The summed E-state index contributed by atoms with van der Waals surface area (Å²) in [6, 6.07) is -2.47. The maximum Gasteiger partial charge on any atom is 0.246 e. The number of aldehydes is 1. The number of aliphatic hydroxyl groups is 1. The van der Waals surface area contributed by atoms with Crippen LogP contribution in [0, 0.1) is 11.3 Å². The fraction of sp³-hybridized carbons (Fsp3) is 0.750. The van der Waals surface area contributed by atoms with Gasteiger partial charge < -0.3 is 25.4 Å². The third-order valence-corrected chi connectivity index (χ3v) is 6.66. The molecule has 200 valence electrons. The Balaban J connectivity index is 3.04. The molecule has 4 unspecified atom stereocenters. The standard InChI is InChI=1S/C24H43N5O5S/c1-8-10-16-11-12-29(19(16)22(33)26-17(9-2)14-30)23(34)20(24(4,5)6)27-18(31)13-25-21(32)15(3)28-35-7/h8,10,14-17,19-20,22,26,28,33H,9,11-13H2,1-7H3,(H,25,32)(H,27,31)/b10-8-/t15-,16+,17?,19?,20?,22?/m1/s1. The predicted octanol–water partition coefficient (Wildman–Crippen LogP) is 0.568. The molecular formula is C24H43N5O5S. The molecule has 0 radical (unpaired) electrons. The van der Waals surface area contributed by atoms with Crippen molar-refractivity contribution in [2.45, 2.75) is 84.8 Å². The van der Waals surface area contributed by atoms with Crippen LogP contribution in [0.1, 0.15) is 54.4 Å². The van der Waals surface area contributed by atoms with Gasteiger partial charge in [-0.15, -0.1) is 0 Å². The van der Waals surface area contributed by atoms with Gasteiger partial charge in [0.15, 0.2) is 0 Å². The minimum Gasteiger partial charge on any atom is -0.376 e. The number of carbonyl (C=O) groups excluding carboxylic acids is 4. The van der Waals surface area contributed by atoms with Crippen molar-refractivity contribution in [2.24, 2.45) is 11.3 Å². The zero-order chi connectivity index (χ0) is 26.8. The Kier molecular flexibility index (Phi) is 12.9. The van der Waals surface area contributed by atoms with Crippen molar-refractivity contribution >= 4 is 36.0 Å². The van der Waals surface area contributed by atoms with Crippen LogP contribution in [0.4, 0.5) is 0 Å². The van der Waals surface area contributed by atoms with Crippen molar-refractivity contribution in [2.75, 3.05) is 19.3 Å². The predicted molar refractivity (Wildman–Crippen MR) is 138 cm³/mol. The van der Waals surface area contributed by atoms with Gasteiger partial charge in [0.2, 0.25) is 17.7 Å². The van der Waals surface area contributed by atoms with Gasteiger partial charge in [0, 0.05) is 12.5 Å². The van der Waals surface area contributed by atoms with Gasteiger partial charge in [0.25, 0.3) is 0 Å². The molecule has 0 saturated carbocycles. The number of nitrogens with zero attached hydrogens (tertiary/aromatic N) is 1. The maximum absolute atomic E-state index is 13.7. The molecule has 10 nitrogen and oxygen atoms in total. The second kappa shape index (κ2) is 14.6. The van der Waals surface area contributed by atoms with Gasteiger partial charge in [-0.1, -0.05) is 51.8 Å². The van der Waals surface area contributed by atoms with Crippen LogP contribution in [-0.4, -0.2) is 83.8 Å². The molecule has 6 atom stereocenters. The third kappa shape index (κ3) is 9.21. The third-order valence-electron chi connectivity index (χ3n) is 6.07. The number of carbonyl (C=O) groups is 4. The lowest BCUT2D eigenvalue weighted by Crippen LogP contribution is -2.61. The normalized spacial score (nSPS) is 21.9. The summed E-state index contributed by atoms with van der Waals surface area (Å²) in [5.41, 5.74) is -0.624. The molecule has 5 N–H and O–H groups in total. The first-order valence-corrected chi connectivity index (χ1v) is 13.3. The van der Waals surface area contributed by atoms with Gasteiger partial charge in [0.1, 0.15) is 18.6 Å². The van der Waals surface area contributed by atoms with E-state index in [1.165, 1.54) is 11.9 Å².